The first-order valence-electron chi connectivity index (χ1n) is 12.6. The van der Waals surface area contributed by atoms with E-state index in [2.05, 4.69) is 60.0 Å². The van der Waals surface area contributed by atoms with Crippen molar-refractivity contribution in [2.75, 3.05) is 27.2 Å². The molecule has 0 unspecified atom stereocenters. The van der Waals surface area contributed by atoms with E-state index in [1.165, 1.54) is 12.0 Å². The molecule has 2 aliphatic carbocycles. The van der Waals surface area contributed by atoms with Gasteiger partial charge in [-0.15, -0.1) is 0 Å². The number of hydrogen-bond acceptors (Lipinski definition) is 3. The maximum Gasteiger partial charge on any atom is 0.451 e. The molecule has 2 saturated carbocycles. The lowest BCUT2D eigenvalue weighted by Crippen LogP contribution is -2.56. The number of rotatable bonds is 6. The third-order valence-electron chi connectivity index (χ3n) is 8.53. The van der Waals surface area contributed by atoms with Gasteiger partial charge >= 0.3 is 12.2 Å². The summed E-state index contributed by atoms with van der Waals surface area (Å²) in [6, 6.07) is 10.4. The molecule has 3 fully saturated rings. The summed E-state index contributed by atoms with van der Waals surface area (Å²) in [6.07, 6.45) is 3.26. The topological polar surface area (TPSA) is 51.5 Å². The number of hydrogen-bond donors (Lipinski definition) is 0. The zero-order chi connectivity index (χ0) is 26.1. The van der Waals surface area contributed by atoms with E-state index in [1.54, 1.807) is 11.8 Å². The molecule has 3 aliphatic rings. The van der Waals surface area contributed by atoms with Crippen LogP contribution in [0, 0.1) is 5.92 Å². The van der Waals surface area contributed by atoms with E-state index in [4.69, 9.17) is 0 Å². The molecule has 196 valence electrons. The molecular formula is C27H36F3N5O. The molecule has 1 spiro atoms. The lowest BCUT2D eigenvalue weighted by molar-refractivity contribution is -0.0596. The van der Waals surface area contributed by atoms with E-state index >= 15 is 0 Å². The monoisotopic (exact) mass is 503 g/mol. The van der Waals surface area contributed by atoms with Gasteiger partial charge in [-0.25, -0.2) is 14.8 Å². The van der Waals surface area contributed by atoms with Gasteiger partial charge in [-0.3, -0.25) is 9.80 Å². The molecule has 2 amide bonds. The highest BCUT2D eigenvalue weighted by Crippen LogP contribution is 2.50. The molecule has 1 aliphatic heterocycles. The second-order valence-electron chi connectivity index (χ2n) is 10.7. The zero-order valence-corrected chi connectivity index (χ0v) is 21.4. The highest BCUT2D eigenvalue weighted by Gasteiger charge is 2.55. The first-order valence-corrected chi connectivity index (χ1v) is 12.6. The zero-order valence-electron chi connectivity index (χ0n) is 21.4. The molecule has 0 aromatic heterocycles. The molecule has 0 N–H and O–H groups in total. The number of amides is 2. The average molecular weight is 504 g/mol. The molecule has 1 saturated heterocycles. The van der Waals surface area contributed by atoms with Gasteiger partial charge in [-0.1, -0.05) is 36.8 Å². The Morgan fingerprint density at radius 3 is 2.31 bits per heavy atom. The van der Waals surface area contributed by atoms with Crippen molar-refractivity contribution in [3.63, 3.8) is 0 Å². The summed E-state index contributed by atoms with van der Waals surface area (Å²) in [7, 11) is 4.22. The van der Waals surface area contributed by atoms with Crippen molar-refractivity contribution < 1.29 is 18.0 Å². The first kappa shape index (κ1) is 26.4. The fraction of sp³-hybridized carbons (Fsp3) is 0.593. The average Bonchev–Trinajstić information content (AvgIpc) is 3.08. The van der Waals surface area contributed by atoms with Crippen LogP contribution in [0.25, 0.3) is 0 Å². The van der Waals surface area contributed by atoms with E-state index in [1.807, 2.05) is 11.0 Å². The Hall–Kier alpha value is -2.68. The summed E-state index contributed by atoms with van der Waals surface area (Å²) < 4.78 is 39.2. The molecule has 9 heteroatoms. The maximum atomic E-state index is 13.7. The third-order valence-corrected chi connectivity index (χ3v) is 8.53. The Balaban J connectivity index is 1.62. The number of aliphatic imine (C=N–C) groups is 2. The predicted octanol–water partition coefficient (Wildman–Crippen LogP) is 5.82. The number of amidine groups is 1. The quantitative estimate of drug-likeness (QED) is 0.363. The lowest BCUT2D eigenvalue weighted by atomic mass is 9.68. The molecular weight excluding hydrogens is 467 g/mol. The van der Waals surface area contributed by atoms with Gasteiger partial charge in [-0.05, 0) is 77.7 Å². The Labute approximate surface area is 211 Å². The van der Waals surface area contributed by atoms with Gasteiger partial charge in [0.25, 0.3) is 0 Å². The van der Waals surface area contributed by atoms with Gasteiger partial charge in [0.2, 0.25) is 5.84 Å². The van der Waals surface area contributed by atoms with Crippen LogP contribution in [0.3, 0.4) is 0 Å². The second-order valence-corrected chi connectivity index (χ2v) is 10.7. The number of allylic oxidation sites excluding steroid dienone is 1. The van der Waals surface area contributed by atoms with Crippen molar-refractivity contribution in [1.29, 1.82) is 0 Å². The second kappa shape index (κ2) is 10.00. The molecule has 0 bridgehead atoms. The van der Waals surface area contributed by atoms with Crippen LogP contribution in [0.4, 0.5) is 18.0 Å². The summed E-state index contributed by atoms with van der Waals surface area (Å²) in [5.74, 6) is -0.824. The van der Waals surface area contributed by atoms with E-state index in [0.29, 0.717) is 24.7 Å². The molecule has 0 atom stereocenters. The lowest BCUT2D eigenvalue weighted by Gasteiger charge is -2.51. The molecule has 6 nitrogen and oxygen atoms in total. The van der Waals surface area contributed by atoms with Crippen LogP contribution in [0.5, 0.6) is 0 Å². The summed E-state index contributed by atoms with van der Waals surface area (Å²) in [5, 5.41) is 0. The van der Waals surface area contributed by atoms with Crippen LogP contribution in [-0.2, 0) is 5.54 Å². The Kier molecular flexibility index (Phi) is 7.33. The van der Waals surface area contributed by atoms with Gasteiger partial charge in [0, 0.05) is 24.0 Å². The number of nitrogens with zero attached hydrogens (tertiary/aromatic N) is 5. The van der Waals surface area contributed by atoms with Gasteiger partial charge in [0.05, 0.1) is 12.1 Å². The number of halogens is 3. The summed E-state index contributed by atoms with van der Waals surface area (Å²) >= 11 is 0. The van der Waals surface area contributed by atoms with Crippen molar-refractivity contribution in [2.45, 2.75) is 69.1 Å². The molecule has 36 heavy (non-hydrogen) atoms. The molecule has 1 heterocycles. The number of benzene rings is 1. The minimum absolute atomic E-state index is 0.114. The molecule has 0 radical (unpaired) electrons. The normalized spacial score (nSPS) is 28.2. The van der Waals surface area contributed by atoms with Crippen molar-refractivity contribution in [3.8, 4) is 0 Å². The first-order chi connectivity index (χ1) is 17.0. The number of carbonyl (C=O) groups is 1. The number of alkyl halides is 3. The smallest absolute Gasteiger partial charge is 0.317 e. The van der Waals surface area contributed by atoms with E-state index < -0.39 is 12.0 Å². The minimum atomic E-state index is -4.69. The summed E-state index contributed by atoms with van der Waals surface area (Å²) in [5.41, 5.74) is 1.20. The third kappa shape index (κ3) is 4.82. The molecule has 1 aromatic carbocycles. The van der Waals surface area contributed by atoms with Crippen LogP contribution in [-0.4, -0.2) is 72.2 Å². The van der Waals surface area contributed by atoms with Crippen LogP contribution in [0.15, 0.2) is 52.2 Å². The van der Waals surface area contributed by atoms with E-state index in [-0.39, 0.29) is 17.1 Å². The van der Waals surface area contributed by atoms with Crippen LogP contribution < -0.4 is 0 Å². The predicted molar refractivity (Wildman–Crippen MR) is 136 cm³/mol. The SMILES string of the molecule is C=NC(=N/C=C(\C)N1CC2(CCC(c3ccccc3)(N(C)C)CC2)N(CC2CCC2)C1=O)C(F)(F)F. The van der Waals surface area contributed by atoms with Gasteiger partial charge < -0.3 is 4.90 Å². The van der Waals surface area contributed by atoms with E-state index in [0.717, 1.165) is 44.7 Å². The minimum Gasteiger partial charge on any atom is -0.317 e. The molecule has 1 aromatic rings. The van der Waals surface area contributed by atoms with Gasteiger partial charge in [-0.2, -0.15) is 13.2 Å². The molecule has 4 rings (SSSR count). The standard InChI is InChI=1S/C27H36F3N5O/c1-20(17-32-23(31-2)27(28,29)30)34-19-25(35(24(34)36)18-21-9-8-10-21)13-15-26(16-14-25,33(3)4)22-11-6-5-7-12-22/h5-7,11-12,17,21H,2,8-10,13-16,18-19H2,1,3-4H3/b20-17+,32-23?. The van der Waals surface area contributed by atoms with Crippen LogP contribution >= 0.6 is 0 Å². The maximum absolute atomic E-state index is 13.7. The van der Waals surface area contributed by atoms with Gasteiger partial charge in [0.1, 0.15) is 0 Å². The highest BCUT2D eigenvalue weighted by atomic mass is 19.4. The fourth-order valence-corrected chi connectivity index (χ4v) is 6.00. The number of urea groups is 1. The summed E-state index contributed by atoms with van der Waals surface area (Å²) in [6.45, 7) is 5.77. The van der Waals surface area contributed by atoms with Crippen molar-refractivity contribution in [2.24, 2.45) is 15.9 Å². The highest BCUT2D eigenvalue weighted by molar-refractivity contribution is 5.91. The van der Waals surface area contributed by atoms with Crippen LogP contribution in [0.1, 0.15) is 57.4 Å². The van der Waals surface area contributed by atoms with Crippen LogP contribution in [0.2, 0.25) is 0 Å². The Morgan fingerprint density at radius 1 is 1.17 bits per heavy atom. The van der Waals surface area contributed by atoms with E-state index in [9.17, 15) is 18.0 Å². The Bertz CT molecular complexity index is 1020. The van der Waals surface area contributed by atoms with Crippen molar-refractivity contribution >= 4 is 18.6 Å². The fourth-order valence-electron chi connectivity index (χ4n) is 6.00. The van der Waals surface area contributed by atoms with Gasteiger partial charge in [0.15, 0.2) is 0 Å². The summed E-state index contributed by atoms with van der Waals surface area (Å²) in [4.78, 5) is 26.1. The largest absolute Gasteiger partial charge is 0.451 e. The number of carbonyl (C=O) groups excluding carboxylic acids is 1. The van der Waals surface area contributed by atoms with Crippen molar-refractivity contribution in [3.05, 3.63) is 47.8 Å². The van der Waals surface area contributed by atoms with Crippen molar-refractivity contribution in [1.82, 2.24) is 14.7 Å². The Morgan fingerprint density at radius 2 is 1.81 bits per heavy atom.